The molecule has 7 heteroatoms. The van der Waals surface area contributed by atoms with Gasteiger partial charge in [-0.15, -0.1) is 0 Å². The van der Waals surface area contributed by atoms with Crippen molar-refractivity contribution in [3.05, 3.63) is 50.8 Å². The molecule has 104 valence electrons. The molecule has 0 bridgehead atoms. The fraction of sp³-hybridized carbons (Fsp3) is 0.231. The molecule has 0 amide bonds. The van der Waals surface area contributed by atoms with Crippen LogP contribution in [0.3, 0.4) is 0 Å². The molecule has 0 atom stereocenters. The van der Waals surface area contributed by atoms with Gasteiger partial charge < -0.3 is 5.11 Å². The van der Waals surface area contributed by atoms with Gasteiger partial charge in [0.1, 0.15) is 0 Å². The lowest BCUT2D eigenvalue weighted by atomic mass is 10.1. The van der Waals surface area contributed by atoms with Crippen molar-refractivity contribution in [1.82, 2.24) is 9.78 Å². The number of carboxylic acids is 1. The first kappa shape index (κ1) is 13.7. The zero-order valence-electron chi connectivity index (χ0n) is 11.2. The summed E-state index contributed by atoms with van der Waals surface area (Å²) in [5, 5.41) is 24.3. The number of carbonyl (C=O) groups is 1. The van der Waals surface area contributed by atoms with Gasteiger partial charge in [-0.25, -0.2) is 9.48 Å². The highest BCUT2D eigenvalue weighted by Gasteiger charge is 2.19. The topological polar surface area (TPSA) is 98.3 Å². The minimum Gasteiger partial charge on any atom is -0.478 e. The van der Waals surface area contributed by atoms with E-state index in [0.717, 1.165) is 17.0 Å². The highest BCUT2D eigenvalue weighted by molar-refractivity contribution is 5.92. The zero-order valence-corrected chi connectivity index (χ0v) is 11.2. The Labute approximate surface area is 114 Å². The molecule has 0 saturated heterocycles. The van der Waals surface area contributed by atoms with E-state index in [9.17, 15) is 20.0 Å². The minimum atomic E-state index is -1.15. The lowest BCUT2D eigenvalue weighted by Gasteiger charge is -2.08. The summed E-state index contributed by atoms with van der Waals surface area (Å²) >= 11 is 0. The van der Waals surface area contributed by atoms with E-state index < -0.39 is 10.9 Å². The van der Waals surface area contributed by atoms with Crippen molar-refractivity contribution in [1.29, 1.82) is 0 Å². The van der Waals surface area contributed by atoms with Crippen LogP contribution in [0.5, 0.6) is 0 Å². The minimum absolute atomic E-state index is 0.0267. The van der Waals surface area contributed by atoms with E-state index in [2.05, 4.69) is 5.10 Å². The summed E-state index contributed by atoms with van der Waals surface area (Å²) in [7, 11) is 0. The van der Waals surface area contributed by atoms with Crippen LogP contribution in [0.15, 0.2) is 18.2 Å². The summed E-state index contributed by atoms with van der Waals surface area (Å²) in [5.41, 5.74) is 2.43. The molecule has 0 radical (unpaired) electrons. The molecule has 7 nitrogen and oxygen atoms in total. The predicted molar refractivity (Wildman–Crippen MR) is 71.4 cm³/mol. The van der Waals surface area contributed by atoms with Crippen LogP contribution in [-0.2, 0) is 0 Å². The van der Waals surface area contributed by atoms with Crippen LogP contribution in [0.25, 0.3) is 5.69 Å². The number of hydrogen-bond donors (Lipinski definition) is 1. The van der Waals surface area contributed by atoms with Crippen molar-refractivity contribution >= 4 is 11.7 Å². The number of carboxylic acid groups (broad SMARTS) is 1. The number of non-ortho nitro benzene ring substituents is 1. The first-order valence-electron chi connectivity index (χ1n) is 5.88. The maximum Gasteiger partial charge on any atom is 0.337 e. The van der Waals surface area contributed by atoms with Crippen LogP contribution in [0.2, 0.25) is 0 Å². The molecule has 20 heavy (non-hydrogen) atoms. The summed E-state index contributed by atoms with van der Waals surface area (Å²) in [6.45, 7) is 5.46. The molecular weight excluding hydrogens is 262 g/mol. The molecule has 0 fully saturated rings. The summed E-state index contributed by atoms with van der Waals surface area (Å²) in [6.07, 6.45) is 0. The average Bonchev–Trinajstić information content (AvgIpc) is 2.65. The molecule has 1 aromatic heterocycles. The Balaban J connectivity index is 2.75. The largest absolute Gasteiger partial charge is 0.478 e. The standard InChI is InChI=1S/C13H13N3O4/c1-7-8(2)14-15(9(7)3)12-6-10(16(19)20)4-5-11(12)13(17)18/h4-6H,1-3H3,(H,17,18). The fourth-order valence-electron chi connectivity index (χ4n) is 1.94. The molecule has 0 aliphatic carbocycles. The number of rotatable bonds is 3. The number of aromatic nitrogens is 2. The molecular formula is C13H13N3O4. The maximum absolute atomic E-state index is 11.3. The van der Waals surface area contributed by atoms with Gasteiger partial charge in [-0.05, 0) is 32.4 Å². The van der Waals surface area contributed by atoms with E-state index in [1.54, 1.807) is 13.8 Å². The monoisotopic (exact) mass is 275 g/mol. The van der Waals surface area contributed by atoms with Gasteiger partial charge in [-0.3, -0.25) is 10.1 Å². The third kappa shape index (κ3) is 2.13. The van der Waals surface area contributed by atoms with E-state index in [0.29, 0.717) is 0 Å². The van der Waals surface area contributed by atoms with E-state index in [-0.39, 0.29) is 16.9 Å². The smallest absolute Gasteiger partial charge is 0.337 e. The Kier molecular flexibility index (Phi) is 3.27. The number of benzene rings is 1. The van der Waals surface area contributed by atoms with Gasteiger partial charge in [-0.2, -0.15) is 5.10 Å². The quantitative estimate of drug-likeness (QED) is 0.685. The molecule has 0 aliphatic heterocycles. The lowest BCUT2D eigenvalue weighted by molar-refractivity contribution is -0.384. The van der Waals surface area contributed by atoms with Crippen LogP contribution in [-0.4, -0.2) is 25.8 Å². The van der Waals surface area contributed by atoms with Crippen molar-refractivity contribution in [3.8, 4) is 5.69 Å². The number of nitro benzene ring substituents is 1. The van der Waals surface area contributed by atoms with E-state index in [4.69, 9.17) is 0 Å². The Hall–Kier alpha value is -2.70. The molecule has 1 heterocycles. The van der Waals surface area contributed by atoms with Crippen molar-refractivity contribution < 1.29 is 14.8 Å². The Morgan fingerprint density at radius 1 is 1.35 bits per heavy atom. The zero-order chi connectivity index (χ0) is 15.0. The third-order valence-electron chi connectivity index (χ3n) is 3.30. The van der Waals surface area contributed by atoms with Crippen LogP contribution >= 0.6 is 0 Å². The van der Waals surface area contributed by atoms with Gasteiger partial charge in [-0.1, -0.05) is 0 Å². The van der Waals surface area contributed by atoms with Gasteiger partial charge in [0.25, 0.3) is 5.69 Å². The lowest BCUT2D eigenvalue weighted by Crippen LogP contribution is -2.08. The van der Waals surface area contributed by atoms with Crippen molar-refractivity contribution in [3.63, 3.8) is 0 Å². The molecule has 0 saturated carbocycles. The van der Waals surface area contributed by atoms with Gasteiger partial charge in [0.2, 0.25) is 0 Å². The average molecular weight is 275 g/mol. The van der Waals surface area contributed by atoms with Crippen LogP contribution in [0.1, 0.15) is 27.3 Å². The van der Waals surface area contributed by atoms with Crippen molar-refractivity contribution in [2.45, 2.75) is 20.8 Å². The molecule has 2 rings (SSSR count). The number of nitro groups is 1. The van der Waals surface area contributed by atoms with Crippen LogP contribution < -0.4 is 0 Å². The van der Waals surface area contributed by atoms with Gasteiger partial charge in [0, 0.05) is 17.8 Å². The molecule has 1 aromatic carbocycles. The van der Waals surface area contributed by atoms with E-state index >= 15 is 0 Å². The first-order chi connectivity index (χ1) is 9.32. The SMILES string of the molecule is Cc1nn(-c2cc([N+](=O)[O-])ccc2C(=O)O)c(C)c1C. The van der Waals surface area contributed by atoms with Crippen molar-refractivity contribution in [2.75, 3.05) is 0 Å². The summed E-state index contributed by atoms with van der Waals surface area (Å²) in [4.78, 5) is 21.6. The number of hydrogen-bond acceptors (Lipinski definition) is 4. The maximum atomic E-state index is 11.3. The first-order valence-corrected chi connectivity index (χ1v) is 5.88. The number of aryl methyl sites for hydroxylation is 1. The summed E-state index contributed by atoms with van der Waals surface area (Å²) in [5.74, 6) is -1.15. The van der Waals surface area contributed by atoms with Crippen molar-refractivity contribution in [2.24, 2.45) is 0 Å². The molecule has 0 aliphatic rings. The second kappa shape index (κ2) is 4.76. The van der Waals surface area contributed by atoms with Gasteiger partial charge in [0.15, 0.2) is 0 Å². The second-order valence-corrected chi connectivity index (χ2v) is 4.47. The molecule has 1 N–H and O–H groups in total. The number of aromatic carboxylic acids is 1. The molecule has 0 unspecified atom stereocenters. The highest BCUT2D eigenvalue weighted by Crippen LogP contribution is 2.24. The normalized spacial score (nSPS) is 10.6. The Morgan fingerprint density at radius 3 is 2.45 bits per heavy atom. The Bertz CT molecular complexity index is 719. The predicted octanol–water partition coefficient (Wildman–Crippen LogP) is 2.40. The van der Waals surface area contributed by atoms with Gasteiger partial charge >= 0.3 is 5.97 Å². The number of nitrogens with zero attached hydrogens (tertiary/aromatic N) is 3. The fourth-order valence-corrected chi connectivity index (χ4v) is 1.94. The van der Waals surface area contributed by atoms with E-state index in [1.165, 1.54) is 22.9 Å². The van der Waals surface area contributed by atoms with E-state index in [1.807, 2.05) is 6.92 Å². The Morgan fingerprint density at radius 2 is 2.00 bits per heavy atom. The molecule has 0 spiro atoms. The molecule has 2 aromatic rings. The van der Waals surface area contributed by atoms with Crippen LogP contribution in [0.4, 0.5) is 5.69 Å². The third-order valence-corrected chi connectivity index (χ3v) is 3.30. The van der Waals surface area contributed by atoms with Crippen LogP contribution in [0, 0.1) is 30.9 Å². The highest BCUT2D eigenvalue weighted by atomic mass is 16.6. The summed E-state index contributed by atoms with van der Waals surface area (Å²) < 4.78 is 1.43. The van der Waals surface area contributed by atoms with Gasteiger partial charge in [0.05, 0.1) is 21.9 Å². The summed E-state index contributed by atoms with van der Waals surface area (Å²) in [6, 6.07) is 3.62. The second-order valence-electron chi connectivity index (χ2n) is 4.47.